The average Bonchev–Trinajstić information content (AvgIpc) is 2.88. The predicted octanol–water partition coefficient (Wildman–Crippen LogP) is 3.10. The molecule has 0 amide bonds. The molecular formula is C25H25ClN5O3+. The van der Waals surface area contributed by atoms with Gasteiger partial charge in [0.15, 0.2) is 11.9 Å². The summed E-state index contributed by atoms with van der Waals surface area (Å²) in [6.45, 7) is 3.16. The first kappa shape index (κ1) is 22.5. The summed E-state index contributed by atoms with van der Waals surface area (Å²) in [7, 11) is 3.37. The third-order valence-electron chi connectivity index (χ3n) is 6.06. The minimum absolute atomic E-state index is 0.384. The molecule has 9 heteroatoms. The standard InChI is InChI=1S/C25H25ClN5O3/c1-30-8-7-27-23(25(30)33-2)24(32)19-13-16(3-6-20(19)26)22-18-5-4-17(14-21(18)28-15-29-22)31-9-11-34-12-10-31/h3-8,13-15,24,32H,9-12H2,1-2H3/q+1. The number of aryl methyl sites for hydroxylation is 1. The van der Waals surface area contributed by atoms with E-state index < -0.39 is 6.10 Å². The third kappa shape index (κ3) is 4.16. The zero-order valence-corrected chi connectivity index (χ0v) is 19.7. The van der Waals surface area contributed by atoms with E-state index in [1.165, 1.54) is 0 Å². The van der Waals surface area contributed by atoms with Crippen molar-refractivity contribution >= 4 is 28.2 Å². The molecule has 2 aromatic heterocycles. The minimum atomic E-state index is -1.07. The molecule has 0 bridgehead atoms. The molecule has 8 nitrogen and oxygen atoms in total. The summed E-state index contributed by atoms with van der Waals surface area (Å²) in [4.78, 5) is 15.7. The van der Waals surface area contributed by atoms with Crippen LogP contribution in [0.2, 0.25) is 5.02 Å². The molecule has 1 unspecified atom stereocenters. The Balaban J connectivity index is 1.55. The lowest BCUT2D eigenvalue weighted by atomic mass is 9.99. The van der Waals surface area contributed by atoms with Gasteiger partial charge < -0.3 is 19.5 Å². The molecule has 1 aliphatic heterocycles. The monoisotopic (exact) mass is 478 g/mol. The van der Waals surface area contributed by atoms with Crippen molar-refractivity contribution in [2.75, 3.05) is 38.3 Å². The molecule has 0 spiro atoms. The number of ether oxygens (including phenoxy) is 2. The van der Waals surface area contributed by atoms with E-state index in [4.69, 9.17) is 21.1 Å². The number of aliphatic hydroxyl groups excluding tert-OH is 1. The summed E-state index contributed by atoms with van der Waals surface area (Å²) in [5.74, 6) is 0.458. The maximum absolute atomic E-state index is 11.2. The van der Waals surface area contributed by atoms with E-state index in [1.807, 2.05) is 25.2 Å². The average molecular weight is 479 g/mol. The van der Waals surface area contributed by atoms with Gasteiger partial charge in [-0.2, -0.15) is 4.57 Å². The van der Waals surface area contributed by atoms with E-state index >= 15 is 0 Å². The Bertz CT molecular complexity index is 1340. The van der Waals surface area contributed by atoms with Crippen LogP contribution in [0.1, 0.15) is 17.4 Å². The summed E-state index contributed by atoms with van der Waals surface area (Å²) in [6.07, 6.45) is 3.86. The van der Waals surface area contributed by atoms with E-state index in [2.05, 4.69) is 32.0 Å². The lowest BCUT2D eigenvalue weighted by Gasteiger charge is -2.29. The van der Waals surface area contributed by atoms with Crippen molar-refractivity contribution in [3.8, 4) is 17.1 Å². The van der Waals surface area contributed by atoms with Gasteiger partial charge >= 0.3 is 5.88 Å². The Kier molecular flexibility index (Phi) is 6.28. The van der Waals surface area contributed by atoms with Gasteiger partial charge in [0.05, 0.1) is 37.7 Å². The maximum Gasteiger partial charge on any atom is 0.392 e. The number of benzene rings is 2. The molecule has 0 aliphatic carbocycles. The van der Waals surface area contributed by atoms with E-state index in [0.717, 1.165) is 54.2 Å². The van der Waals surface area contributed by atoms with E-state index in [0.29, 0.717) is 22.2 Å². The van der Waals surface area contributed by atoms with Crippen LogP contribution in [0.15, 0.2) is 55.1 Å². The quantitative estimate of drug-likeness (QED) is 0.441. The van der Waals surface area contributed by atoms with Gasteiger partial charge in [0.2, 0.25) is 0 Å². The summed E-state index contributed by atoms with van der Waals surface area (Å²) in [6, 6.07) is 11.7. The number of fused-ring (bicyclic) bond motifs is 1. The fourth-order valence-electron chi connectivity index (χ4n) is 4.29. The van der Waals surface area contributed by atoms with Gasteiger partial charge in [-0.25, -0.2) is 15.0 Å². The Morgan fingerprint density at radius 1 is 1.12 bits per heavy atom. The predicted molar refractivity (Wildman–Crippen MR) is 129 cm³/mol. The van der Waals surface area contributed by atoms with Crippen LogP contribution in [0.3, 0.4) is 0 Å². The summed E-state index contributed by atoms with van der Waals surface area (Å²) in [5, 5.41) is 12.5. The smallest absolute Gasteiger partial charge is 0.392 e. The molecule has 0 saturated carbocycles. The van der Waals surface area contributed by atoms with Crippen LogP contribution in [-0.4, -0.2) is 53.5 Å². The lowest BCUT2D eigenvalue weighted by Crippen LogP contribution is -2.36. The number of methoxy groups -OCH3 is 1. The molecule has 1 saturated heterocycles. The summed E-state index contributed by atoms with van der Waals surface area (Å²) < 4.78 is 12.7. The van der Waals surface area contributed by atoms with E-state index in [1.54, 1.807) is 36.5 Å². The Morgan fingerprint density at radius 2 is 1.94 bits per heavy atom. The van der Waals surface area contributed by atoms with Crippen LogP contribution < -0.4 is 14.2 Å². The number of morpholine rings is 1. The minimum Gasteiger partial charge on any atom is -0.446 e. The lowest BCUT2D eigenvalue weighted by molar-refractivity contribution is -0.677. The number of nitrogens with zero attached hydrogens (tertiary/aromatic N) is 5. The van der Waals surface area contributed by atoms with Crippen molar-refractivity contribution in [3.05, 3.63) is 71.4 Å². The Labute approximate surface area is 202 Å². The van der Waals surface area contributed by atoms with Crippen LogP contribution >= 0.6 is 11.6 Å². The molecule has 34 heavy (non-hydrogen) atoms. The van der Waals surface area contributed by atoms with Crippen LogP contribution in [0.25, 0.3) is 22.2 Å². The van der Waals surface area contributed by atoms with Crippen molar-refractivity contribution in [1.29, 1.82) is 0 Å². The number of anilines is 1. The maximum atomic E-state index is 11.2. The van der Waals surface area contributed by atoms with Crippen molar-refractivity contribution in [2.24, 2.45) is 7.05 Å². The Hall–Kier alpha value is -3.33. The van der Waals surface area contributed by atoms with Crippen LogP contribution in [0.5, 0.6) is 5.88 Å². The van der Waals surface area contributed by atoms with Gasteiger partial charge in [-0.15, -0.1) is 0 Å². The molecule has 1 fully saturated rings. The second-order valence-electron chi connectivity index (χ2n) is 8.09. The molecule has 174 valence electrons. The topological polar surface area (TPSA) is 84.5 Å². The molecule has 4 aromatic rings. The van der Waals surface area contributed by atoms with Gasteiger partial charge in [-0.1, -0.05) is 17.7 Å². The van der Waals surface area contributed by atoms with E-state index in [9.17, 15) is 5.11 Å². The number of aromatic nitrogens is 4. The highest BCUT2D eigenvalue weighted by atomic mass is 35.5. The van der Waals surface area contributed by atoms with Crippen molar-refractivity contribution in [3.63, 3.8) is 0 Å². The van der Waals surface area contributed by atoms with Crippen LogP contribution in [0, 0.1) is 0 Å². The molecule has 0 radical (unpaired) electrons. The fraction of sp³-hybridized carbons (Fsp3) is 0.280. The molecule has 1 atom stereocenters. The Morgan fingerprint density at radius 3 is 2.74 bits per heavy atom. The highest BCUT2D eigenvalue weighted by molar-refractivity contribution is 6.31. The number of aliphatic hydroxyl groups is 1. The molecule has 1 aliphatic rings. The normalized spacial score (nSPS) is 14.9. The third-order valence-corrected chi connectivity index (χ3v) is 6.40. The molecular weight excluding hydrogens is 454 g/mol. The molecule has 2 aromatic carbocycles. The van der Waals surface area contributed by atoms with Crippen molar-refractivity contribution in [2.45, 2.75) is 6.10 Å². The number of halogens is 1. The molecule has 5 rings (SSSR count). The number of hydrogen-bond acceptors (Lipinski definition) is 7. The van der Waals surface area contributed by atoms with Gasteiger partial charge in [0.1, 0.15) is 19.5 Å². The van der Waals surface area contributed by atoms with Gasteiger partial charge in [-0.05, 0) is 30.3 Å². The first-order chi connectivity index (χ1) is 16.6. The van der Waals surface area contributed by atoms with Gasteiger partial charge in [0.25, 0.3) is 0 Å². The second kappa shape index (κ2) is 9.50. The van der Waals surface area contributed by atoms with Crippen LogP contribution in [-0.2, 0) is 11.8 Å². The van der Waals surface area contributed by atoms with Crippen molar-refractivity contribution in [1.82, 2.24) is 15.0 Å². The zero-order valence-electron chi connectivity index (χ0n) is 19.0. The largest absolute Gasteiger partial charge is 0.446 e. The highest BCUT2D eigenvalue weighted by Gasteiger charge is 2.26. The summed E-state index contributed by atoms with van der Waals surface area (Å²) in [5.41, 5.74) is 4.46. The van der Waals surface area contributed by atoms with Crippen molar-refractivity contribution < 1.29 is 19.1 Å². The first-order valence-electron chi connectivity index (χ1n) is 11.0. The second-order valence-corrected chi connectivity index (χ2v) is 8.50. The highest BCUT2D eigenvalue weighted by Crippen LogP contribution is 2.35. The van der Waals surface area contributed by atoms with E-state index in [-0.39, 0.29) is 0 Å². The van der Waals surface area contributed by atoms with Gasteiger partial charge in [0, 0.05) is 40.3 Å². The van der Waals surface area contributed by atoms with Crippen LogP contribution in [0.4, 0.5) is 5.69 Å². The number of hydrogen-bond donors (Lipinski definition) is 1. The first-order valence-corrected chi connectivity index (χ1v) is 11.4. The fourth-order valence-corrected chi connectivity index (χ4v) is 4.52. The molecule has 1 N–H and O–H groups in total. The number of rotatable bonds is 5. The zero-order chi connectivity index (χ0) is 23.7. The van der Waals surface area contributed by atoms with Gasteiger partial charge in [-0.3, -0.25) is 0 Å². The SMILES string of the molecule is COc1c(C(O)c2cc(-c3ncnc4cc(N5CCOCC5)ccc34)ccc2Cl)ncc[n+]1C. The summed E-state index contributed by atoms with van der Waals surface area (Å²) >= 11 is 6.50. The molecule has 3 heterocycles.